The number of anilines is 1. The van der Waals surface area contributed by atoms with Crippen LogP contribution in [0.1, 0.15) is 24.5 Å². The molecule has 2 aromatic carbocycles. The van der Waals surface area contributed by atoms with E-state index in [1.54, 1.807) is 4.90 Å². The van der Waals surface area contributed by atoms with Crippen LogP contribution in [-0.2, 0) is 16.2 Å². The zero-order valence-electron chi connectivity index (χ0n) is 14.5. The van der Waals surface area contributed by atoms with Gasteiger partial charge in [-0.1, -0.05) is 29.8 Å². The van der Waals surface area contributed by atoms with Gasteiger partial charge in [0, 0.05) is 25.6 Å². The van der Waals surface area contributed by atoms with Crippen LogP contribution in [-0.4, -0.2) is 24.4 Å². The summed E-state index contributed by atoms with van der Waals surface area (Å²) in [7, 11) is 0. The van der Waals surface area contributed by atoms with E-state index in [2.05, 4.69) is 36.5 Å². The second-order valence-corrected chi connectivity index (χ2v) is 6.37. The molecule has 5 nitrogen and oxygen atoms in total. The second kappa shape index (κ2) is 7.38. The van der Waals surface area contributed by atoms with Gasteiger partial charge >= 0.3 is 0 Å². The number of carbonyl (C=O) groups excluding carboxylic acids is 2. The number of carbonyl (C=O) groups is 2. The summed E-state index contributed by atoms with van der Waals surface area (Å²) in [6.07, 6.45) is 0.339. The van der Waals surface area contributed by atoms with E-state index in [9.17, 15) is 9.59 Å². The Kier molecular flexibility index (Phi) is 5.03. The molecule has 5 heteroatoms. The van der Waals surface area contributed by atoms with Gasteiger partial charge in [-0.15, -0.1) is 0 Å². The van der Waals surface area contributed by atoms with E-state index in [1.807, 2.05) is 24.3 Å². The van der Waals surface area contributed by atoms with E-state index < -0.39 is 0 Å². The van der Waals surface area contributed by atoms with Gasteiger partial charge in [-0.3, -0.25) is 9.59 Å². The number of aryl methyl sites for hydroxylation is 1. The number of ether oxygens (including phenoxy) is 1. The molecule has 1 unspecified atom stereocenters. The summed E-state index contributed by atoms with van der Waals surface area (Å²) in [5, 5.41) is 2.80. The fourth-order valence-corrected chi connectivity index (χ4v) is 2.91. The molecule has 3 rings (SSSR count). The predicted octanol–water partition coefficient (Wildman–Crippen LogP) is 2.82. The maximum absolute atomic E-state index is 12.1. The minimum atomic E-state index is -0.123. The largest absolute Gasteiger partial charge is 0.489 e. The van der Waals surface area contributed by atoms with Gasteiger partial charge < -0.3 is 15.0 Å². The molecule has 2 amide bonds. The SMILES string of the molecule is CC(=O)NC1CC(=O)N(c2ccc(OCc3ccc(C)cc3)cc2)C1. The van der Waals surface area contributed by atoms with Crippen molar-refractivity contribution in [2.45, 2.75) is 32.9 Å². The average molecular weight is 338 g/mol. The van der Waals surface area contributed by atoms with Gasteiger partial charge in [-0.05, 0) is 36.8 Å². The molecule has 1 saturated heterocycles. The van der Waals surface area contributed by atoms with Gasteiger partial charge in [0.05, 0.1) is 6.04 Å². The lowest BCUT2D eigenvalue weighted by atomic mass is 10.2. The first kappa shape index (κ1) is 17.0. The van der Waals surface area contributed by atoms with Crippen LogP contribution in [0.4, 0.5) is 5.69 Å². The van der Waals surface area contributed by atoms with Crippen molar-refractivity contribution >= 4 is 17.5 Å². The number of rotatable bonds is 5. The summed E-state index contributed by atoms with van der Waals surface area (Å²) < 4.78 is 5.79. The number of hydrogen-bond donors (Lipinski definition) is 1. The van der Waals surface area contributed by atoms with Crippen molar-refractivity contribution in [2.24, 2.45) is 0 Å². The highest BCUT2D eigenvalue weighted by Gasteiger charge is 2.30. The molecule has 2 aromatic rings. The molecule has 1 fully saturated rings. The van der Waals surface area contributed by atoms with Crippen molar-refractivity contribution in [3.8, 4) is 5.75 Å². The van der Waals surface area contributed by atoms with Crippen LogP contribution in [0.15, 0.2) is 48.5 Å². The standard InChI is InChI=1S/C20H22N2O3/c1-14-3-5-16(6-4-14)13-25-19-9-7-18(8-10-19)22-12-17(11-20(22)24)21-15(2)23/h3-10,17H,11-13H2,1-2H3,(H,21,23). The fraction of sp³-hybridized carbons (Fsp3) is 0.300. The van der Waals surface area contributed by atoms with Crippen LogP contribution in [0.2, 0.25) is 0 Å². The Morgan fingerprint density at radius 1 is 1.16 bits per heavy atom. The third-order valence-electron chi connectivity index (χ3n) is 4.21. The van der Waals surface area contributed by atoms with E-state index in [1.165, 1.54) is 12.5 Å². The number of benzene rings is 2. The zero-order valence-corrected chi connectivity index (χ0v) is 14.5. The molecule has 1 heterocycles. The second-order valence-electron chi connectivity index (χ2n) is 6.37. The molecule has 1 aliphatic rings. The van der Waals surface area contributed by atoms with Crippen molar-refractivity contribution < 1.29 is 14.3 Å². The van der Waals surface area contributed by atoms with E-state index in [4.69, 9.17) is 4.74 Å². The monoisotopic (exact) mass is 338 g/mol. The highest BCUT2D eigenvalue weighted by Crippen LogP contribution is 2.24. The predicted molar refractivity (Wildman–Crippen MR) is 96.5 cm³/mol. The maximum Gasteiger partial charge on any atom is 0.229 e. The van der Waals surface area contributed by atoms with Crippen LogP contribution in [0.25, 0.3) is 0 Å². The minimum absolute atomic E-state index is 0.0204. The fourth-order valence-electron chi connectivity index (χ4n) is 2.91. The summed E-state index contributed by atoms with van der Waals surface area (Å²) in [6.45, 7) is 4.53. The Balaban J connectivity index is 1.59. The Morgan fingerprint density at radius 2 is 1.84 bits per heavy atom. The number of hydrogen-bond acceptors (Lipinski definition) is 3. The molecule has 0 saturated carbocycles. The van der Waals surface area contributed by atoms with Crippen LogP contribution in [0.3, 0.4) is 0 Å². The number of nitrogens with one attached hydrogen (secondary N) is 1. The Bertz CT molecular complexity index is 754. The van der Waals surface area contributed by atoms with E-state index in [0.717, 1.165) is 17.0 Å². The van der Waals surface area contributed by atoms with Crippen molar-refractivity contribution in [3.63, 3.8) is 0 Å². The summed E-state index contributed by atoms with van der Waals surface area (Å²) in [6, 6.07) is 15.6. The molecule has 1 N–H and O–H groups in total. The molecule has 130 valence electrons. The number of amides is 2. The average Bonchev–Trinajstić information content (AvgIpc) is 2.94. The minimum Gasteiger partial charge on any atom is -0.489 e. The van der Waals surface area contributed by atoms with E-state index in [0.29, 0.717) is 19.6 Å². The van der Waals surface area contributed by atoms with Crippen LogP contribution in [0, 0.1) is 6.92 Å². The molecule has 0 radical (unpaired) electrons. The highest BCUT2D eigenvalue weighted by molar-refractivity contribution is 5.96. The molecular weight excluding hydrogens is 316 g/mol. The van der Waals surface area contributed by atoms with Gasteiger partial charge in [-0.25, -0.2) is 0 Å². The lowest BCUT2D eigenvalue weighted by Crippen LogP contribution is -2.35. The van der Waals surface area contributed by atoms with Gasteiger partial charge in [0.2, 0.25) is 11.8 Å². The Morgan fingerprint density at radius 3 is 2.48 bits per heavy atom. The Hall–Kier alpha value is -2.82. The first-order chi connectivity index (χ1) is 12.0. The zero-order chi connectivity index (χ0) is 17.8. The normalized spacial score (nSPS) is 16.8. The molecule has 0 aliphatic carbocycles. The van der Waals surface area contributed by atoms with Crippen molar-refractivity contribution in [2.75, 3.05) is 11.4 Å². The summed E-state index contributed by atoms with van der Waals surface area (Å²) in [4.78, 5) is 25.0. The molecular formula is C20H22N2O3. The van der Waals surface area contributed by atoms with Crippen molar-refractivity contribution in [1.29, 1.82) is 0 Å². The van der Waals surface area contributed by atoms with E-state index >= 15 is 0 Å². The van der Waals surface area contributed by atoms with Crippen LogP contribution >= 0.6 is 0 Å². The first-order valence-electron chi connectivity index (χ1n) is 8.37. The lowest BCUT2D eigenvalue weighted by molar-refractivity contribution is -0.119. The third-order valence-corrected chi connectivity index (χ3v) is 4.21. The van der Waals surface area contributed by atoms with Crippen LogP contribution < -0.4 is 15.0 Å². The van der Waals surface area contributed by atoms with Crippen molar-refractivity contribution in [1.82, 2.24) is 5.32 Å². The molecule has 0 bridgehead atoms. The van der Waals surface area contributed by atoms with Gasteiger partial charge in [-0.2, -0.15) is 0 Å². The Labute approximate surface area is 147 Å². The molecule has 0 spiro atoms. The van der Waals surface area contributed by atoms with Gasteiger partial charge in [0.15, 0.2) is 0 Å². The summed E-state index contributed by atoms with van der Waals surface area (Å²) >= 11 is 0. The van der Waals surface area contributed by atoms with Crippen molar-refractivity contribution in [3.05, 3.63) is 59.7 Å². The molecule has 0 aromatic heterocycles. The van der Waals surface area contributed by atoms with Gasteiger partial charge in [0.1, 0.15) is 12.4 Å². The molecule has 1 aliphatic heterocycles. The summed E-state index contributed by atoms with van der Waals surface area (Å²) in [5.41, 5.74) is 3.16. The van der Waals surface area contributed by atoms with E-state index in [-0.39, 0.29) is 17.9 Å². The highest BCUT2D eigenvalue weighted by atomic mass is 16.5. The lowest BCUT2D eigenvalue weighted by Gasteiger charge is -2.17. The van der Waals surface area contributed by atoms with Crippen LogP contribution in [0.5, 0.6) is 5.75 Å². The summed E-state index contributed by atoms with van der Waals surface area (Å²) in [5.74, 6) is 0.668. The van der Waals surface area contributed by atoms with Gasteiger partial charge in [0.25, 0.3) is 0 Å². The maximum atomic E-state index is 12.1. The molecule has 25 heavy (non-hydrogen) atoms. The molecule has 1 atom stereocenters. The first-order valence-corrected chi connectivity index (χ1v) is 8.37. The topological polar surface area (TPSA) is 58.6 Å². The number of nitrogens with zero attached hydrogens (tertiary/aromatic N) is 1. The smallest absolute Gasteiger partial charge is 0.229 e. The quantitative estimate of drug-likeness (QED) is 0.912. The third kappa shape index (κ3) is 4.38.